The summed E-state index contributed by atoms with van der Waals surface area (Å²) in [6.45, 7) is 2.33. The first-order valence-electron chi connectivity index (χ1n) is 7.06. The van der Waals surface area contributed by atoms with E-state index in [1.165, 1.54) is 0 Å². The predicted molar refractivity (Wildman–Crippen MR) is 73.6 cm³/mol. The Bertz CT molecular complexity index is 743. The number of halogens is 2. The number of aromatic nitrogens is 2. The minimum Gasteiger partial charge on any atom is -0.493 e. The molecule has 0 fully saturated rings. The first-order chi connectivity index (χ1) is 10.0. The third-order valence-corrected chi connectivity index (χ3v) is 4.12. The Morgan fingerprint density at radius 3 is 2.90 bits per heavy atom. The third-order valence-electron chi connectivity index (χ3n) is 4.12. The topological polar surface area (TPSA) is 35.0 Å². The highest BCUT2D eigenvalue weighted by atomic mass is 19.3. The van der Waals surface area contributed by atoms with E-state index in [1.807, 2.05) is 18.2 Å². The van der Waals surface area contributed by atoms with Crippen LogP contribution in [0.2, 0.25) is 0 Å². The number of rotatable bonds is 1. The maximum atomic E-state index is 13.9. The van der Waals surface area contributed by atoms with E-state index in [0.717, 1.165) is 23.3 Å². The molecule has 0 unspecified atom stereocenters. The Morgan fingerprint density at radius 1 is 1.19 bits per heavy atom. The van der Waals surface area contributed by atoms with E-state index >= 15 is 0 Å². The lowest BCUT2D eigenvalue weighted by atomic mass is 10.0. The summed E-state index contributed by atoms with van der Waals surface area (Å²) >= 11 is 0. The van der Waals surface area contributed by atoms with Crippen LogP contribution in [0.3, 0.4) is 0 Å². The number of hydrogen-bond donors (Lipinski definition) is 0. The maximum Gasteiger partial charge on any atom is 0.290 e. The van der Waals surface area contributed by atoms with Crippen molar-refractivity contribution in [1.82, 2.24) is 9.97 Å². The molecule has 0 N–H and O–H groups in total. The SMILES string of the molecule is Cc1nc(-c2ccc3c(c2)OCC3)c2c(n1)C(F)(F)CC2. The fourth-order valence-electron chi connectivity index (χ4n) is 3.09. The number of nitrogens with zero attached hydrogens (tertiary/aromatic N) is 2. The normalized spacial score (nSPS) is 18.2. The molecule has 108 valence electrons. The van der Waals surface area contributed by atoms with Gasteiger partial charge in [0.1, 0.15) is 17.3 Å². The molecule has 0 amide bonds. The molecule has 1 aliphatic carbocycles. The van der Waals surface area contributed by atoms with Gasteiger partial charge in [0.25, 0.3) is 5.92 Å². The number of alkyl halides is 2. The molecule has 0 saturated heterocycles. The van der Waals surface area contributed by atoms with Crippen molar-refractivity contribution in [2.24, 2.45) is 0 Å². The van der Waals surface area contributed by atoms with Gasteiger partial charge in [0.15, 0.2) is 0 Å². The van der Waals surface area contributed by atoms with Crippen LogP contribution < -0.4 is 4.74 Å². The maximum absolute atomic E-state index is 13.9. The Hall–Kier alpha value is -2.04. The Labute approximate surface area is 121 Å². The molecule has 1 aliphatic heterocycles. The molecule has 0 bridgehead atoms. The van der Waals surface area contributed by atoms with Crippen LogP contribution in [-0.2, 0) is 18.8 Å². The standard InChI is InChI=1S/C16H14F2N2O/c1-9-19-14(12-4-6-16(17,18)15(12)20-9)11-3-2-10-5-7-21-13(10)8-11/h2-3,8H,4-7H2,1H3. The molecule has 1 aromatic carbocycles. The number of benzene rings is 1. The lowest BCUT2D eigenvalue weighted by Gasteiger charge is -2.12. The quantitative estimate of drug-likeness (QED) is 0.806. The smallest absolute Gasteiger partial charge is 0.290 e. The molecule has 0 radical (unpaired) electrons. The molecule has 3 nitrogen and oxygen atoms in total. The zero-order chi connectivity index (χ0) is 14.6. The van der Waals surface area contributed by atoms with Crippen LogP contribution in [0.25, 0.3) is 11.3 Å². The van der Waals surface area contributed by atoms with Crippen molar-refractivity contribution in [3.05, 3.63) is 40.8 Å². The van der Waals surface area contributed by atoms with E-state index in [1.54, 1.807) is 6.92 Å². The van der Waals surface area contributed by atoms with E-state index in [-0.39, 0.29) is 12.1 Å². The Morgan fingerprint density at radius 2 is 2.05 bits per heavy atom. The molecular weight excluding hydrogens is 274 g/mol. The highest BCUT2D eigenvalue weighted by Crippen LogP contribution is 2.44. The van der Waals surface area contributed by atoms with Crippen molar-refractivity contribution in [2.75, 3.05) is 6.61 Å². The summed E-state index contributed by atoms with van der Waals surface area (Å²) < 4.78 is 33.4. The van der Waals surface area contributed by atoms with Crippen LogP contribution in [0.4, 0.5) is 8.78 Å². The van der Waals surface area contributed by atoms with Crippen molar-refractivity contribution in [1.29, 1.82) is 0 Å². The lowest BCUT2D eigenvalue weighted by Crippen LogP contribution is -2.12. The summed E-state index contributed by atoms with van der Waals surface area (Å²) in [5, 5.41) is 0. The number of fused-ring (bicyclic) bond motifs is 2. The van der Waals surface area contributed by atoms with E-state index in [9.17, 15) is 8.78 Å². The van der Waals surface area contributed by atoms with Crippen molar-refractivity contribution in [2.45, 2.75) is 32.1 Å². The summed E-state index contributed by atoms with van der Waals surface area (Å²) in [5.41, 5.74) is 3.07. The summed E-state index contributed by atoms with van der Waals surface area (Å²) in [7, 11) is 0. The summed E-state index contributed by atoms with van der Waals surface area (Å²) in [5.74, 6) is -1.63. The highest BCUT2D eigenvalue weighted by molar-refractivity contribution is 5.68. The van der Waals surface area contributed by atoms with Gasteiger partial charge in [-0.3, -0.25) is 0 Å². The predicted octanol–water partition coefficient (Wildman–Crippen LogP) is 3.42. The fraction of sp³-hybridized carbons (Fsp3) is 0.375. The van der Waals surface area contributed by atoms with Gasteiger partial charge in [-0.15, -0.1) is 0 Å². The Kier molecular flexibility index (Phi) is 2.55. The van der Waals surface area contributed by atoms with Gasteiger partial charge in [-0.25, -0.2) is 9.97 Å². The molecule has 0 atom stereocenters. The molecule has 0 spiro atoms. The largest absolute Gasteiger partial charge is 0.493 e. The molecule has 1 aromatic heterocycles. The molecule has 4 rings (SSSR count). The van der Waals surface area contributed by atoms with Gasteiger partial charge in [0, 0.05) is 24.0 Å². The van der Waals surface area contributed by atoms with Gasteiger partial charge in [-0.1, -0.05) is 12.1 Å². The van der Waals surface area contributed by atoms with Crippen molar-refractivity contribution in [3.63, 3.8) is 0 Å². The van der Waals surface area contributed by atoms with Crippen LogP contribution in [0.5, 0.6) is 5.75 Å². The minimum absolute atomic E-state index is 0.105. The van der Waals surface area contributed by atoms with Crippen molar-refractivity contribution in [3.8, 4) is 17.0 Å². The molecule has 0 saturated carbocycles. The average molecular weight is 288 g/mol. The van der Waals surface area contributed by atoms with Gasteiger partial charge in [0.2, 0.25) is 0 Å². The second-order valence-electron chi connectivity index (χ2n) is 5.57. The van der Waals surface area contributed by atoms with E-state index in [0.29, 0.717) is 30.1 Å². The van der Waals surface area contributed by atoms with E-state index in [2.05, 4.69) is 9.97 Å². The minimum atomic E-state index is -2.84. The Balaban J connectivity index is 1.90. The highest BCUT2D eigenvalue weighted by Gasteiger charge is 2.42. The van der Waals surface area contributed by atoms with Crippen LogP contribution >= 0.6 is 0 Å². The van der Waals surface area contributed by atoms with Crippen LogP contribution in [0.15, 0.2) is 18.2 Å². The van der Waals surface area contributed by atoms with Gasteiger partial charge >= 0.3 is 0 Å². The fourth-order valence-corrected chi connectivity index (χ4v) is 3.09. The molecule has 5 heteroatoms. The molecule has 21 heavy (non-hydrogen) atoms. The monoisotopic (exact) mass is 288 g/mol. The van der Waals surface area contributed by atoms with Crippen LogP contribution in [-0.4, -0.2) is 16.6 Å². The van der Waals surface area contributed by atoms with Crippen LogP contribution in [0, 0.1) is 6.92 Å². The summed E-state index contributed by atoms with van der Waals surface area (Å²) in [6.07, 6.45) is 1.03. The third kappa shape index (κ3) is 1.91. The number of hydrogen-bond acceptors (Lipinski definition) is 3. The molecule has 2 aromatic rings. The number of aryl methyl sites for hydroxylation is 1. The van der Waals surface area contributed by atoms with Gasteiger partial charge in [-0.2, -0.15) is 8.78 Å². The molecular formula is C16H14F2N2O. The molecule has 2 heterocycles. The van der Waals surface area contributed by atoms with Gasteiger partial charge < -0.3 is 4.74 Å². The second-order valence-corrected chi connectivity index (χ2v) is 5.57. The molecule has 2 aliphatic rings. The zero-order valence-corrected chi connectivity index (χ0v) is 11.6. The summed E-state index contributed by atoms with van der Waals surface area (Å²) in [6, 6.07) is 5.83. The average Bonchev–Trinajstić information content (AvgIpc) is 3.02. The van der Waals surface area contributed by atoms with Crippen molar-refractivity contribution >= 4 is 0 Å². The lowest BCUT2D eigenvalue weighted by molar-refractivity contribution is -0.00612. The first kappa shape index (κ1) is 12.7. The van der Waals surface area contributed by atoms with Crippen molar-refractivity contribution < 1.29 is 13.5 Å². The first-order valence-corrected chi connectivity index (χ1v) is 7.06. The van der Waals surface area contributed by atoms with E-state index in [4.69, 9.17) is 4.74 Å². The zero-order valence-electron chi connectivity index (χ0n) is 11.6. The summed E-state index contributed by atoms with van der Waals surface area (Å²) in [4.78, 5) is 8.38. The van der Waals surface area contributed by atoms with Gasteiger partial charge in [0.05, 0.1) is 12.3 Å². The second kappa shape index (κ2) is 4.23. The number of ether oxygens (including phenoxy) is 1. The van der Waals surface area contributed by atoms with E-state index < -0.39 is 5.92 Å². The van der Waals surface area contributed by atoms with Gasteiger partial charge in [-0.05, 0) is 25.0 Å². The van der Waals surface area contributed by atoms with Crippen LogP contribution in [0.1, 0.15) is 29.1 Å².